The van der Waals surface area contributed by atoms with Gasteiger partial charge in [0.2, 0.25) is 0 Å². The number of guanidine groups is 1. The molecule has 0 atom stereocenters. The maximum absolute atomic E-state index is 5.55. The third-order valence-electron chi connectivity index (χ3n) is 6.09. The summed E-state index contributed by atoms with van der Waals surface area (Å²) >= 11 is 0. The van der Waals surface area contributed by atoms with Gasteiger partial charge in [0.05, 0.1) is 21.3 Å². The van der Waals surface area contributed by atoms with Crippen LogP contribution in [0.1, 0.15) is 37.7 Å². The van der Waals surface area contributed by atoms with Gasteiger partial charge in [-0.15, -0.1) is 0 Å². The van der Waals surface area contributed by atoms with Crippen molar-refractivity contribution in [2.24, 2.45) is 10.4 Å². The molecule has 0 unspecified atom stereocenters. The van der Waals surface area contributed by atoms with E-state index >= 15 is 0 Å². The standard InChI is InChI=1S/C21H33N3O3/c1-22-20(24-12-10-21(15-24)8-5-6-9-21)23-11-7-17-18(26-3)13-16(25-2)14-19(17)27-4/h13-14H,5-12,15H2,1-4H3,(H,22,23). The normalized spacial score (nSPS) is 18.8. The van der Waals surface area contributed by atoms with E-state index in [1.54, 1.807) is 21.3 Å². The summed E-state index contributed by atoms with van der Waals surface area (Å²) in [5, 5.41) is 3.53. The predicted octanol–water partition coefficient (Wildman–Crippen LogP) is 3.10. The van der Waals surface area contributed by atoms with Gasteiger partial charge in [0.1, 0.15) is 17.2 Å². The first kappa shape index (κ1) is 19.6. The highest BCUT2D eigenvalue weighted by molar-refractivity contribution is 5.80. The Hall–Kier alpha value is -2.11. The Kier molecular flexibility index (Phi) is 6.34. The van der Waals surface area contributed by atoms with E-state index in [9.17, 15) is 0 Å². The summed E-state index contributed by atoms with van der Waals surface area (Å²) in [4.78, 5) is 6.94. The monoisotopic (exact) mass is 375 g/mol. The van der Waals surface area contributed by atoms with Crippen molar-refractivity contribution in [3.63, 3.8) is 0 Å². The van der Waals surface area contributed by atoms with Crippen molar-refractivity contribution >= 4 is 5.96 Å². The summed E-state index contributed by atoms with van der Waals surface area (Å²) in [5.74, 6) is 3.31. The Bertz CT molecular complexity index is 644. The van der Waals surface area contributed by atoms with Gasteiger partial charge in [0.15, 0.2) is 5.96 Å². The lowest BCUT2D eigenvalue weighted by atomic mass is 9.86. The zero-order valence-corrected chi connectivity index (χ0v) is 17.1. The largest absolute Gasteiger partial charge is 0.496 e. The summed E-state index contributed by atoms with van der Waals surface area (Å²) in [6.07, 6.45) is 7.61. The minimum Gasteiger partial charge on any atom is -0.496 e. The molecule has 3 rings (SSSR count). The molecule has 1 saturated carbocycles. The molecule has 2 aliphatic rings. The van der Waals surface area contributed by atoms with Crippen LogP contribution in [0.3, 0.4) is 0 Å². The van der Waals surface area contributed by atoms with Gasteiger partial charge in [-0.2, -0.15) is 0 Å². The Labute approximate surface area is 162 Å². The second-order valence-electron chi connectivity index (χ2n) is 7.61. The maximum Gasteiger partial charge on any atom is 0.193 e. The van der Waals surface area contributed by atoms with Crippen LogP contribution in [-0.2, 0) is 6.42 Å². The smallest absolute Gasteiger partial charge is 0.193 e. The summed E-state index contributed by atoms with van der Waals surface area (Å²) in [6.45, 7) is 3.02. The molecule has 1 N–H and O–H groups in total. The van der Waals surface area contributed by atoms with Gasteiger partial charge in [-0.25, -0.2) is 0 Å². The first-order valence-electron chi connectivity index (χ1n) is 9.89. The van der Waals surface area contributed by atoms with Crippen LogP contribution in [-0.4, -0.2) is 58.9 Å². The fourth-order valence-electron chi connectivity index (χ4n) is 4.60. The Balaban J connectivity index is 1.62. The second-order valence-corrected chi connectivity index (χ2v) is 7.61. The molecule has 1 aliphatic heterocycles. The van der Waals surface area contributed by atoms with E-state index in [0.717, 1.165) is 54.8 Å². The molecule has 0 bridgehead atoms. The van der Waals surface area contributed by atoms with E-state index in [0.29, 0.717) is 5.41 Å². The molecule has 1 spiro atoms. The zero-order valence-electron chi connectivity index (χ0n) is 17.1. The Morgan fingerprint density at radius 3 is 2.30 bits per heavy atom. The van der Waals surface area contributed by atoms with Crippen molar-refractivity contribution in [3.8, 4) is 17.2 Å². The molecule has 1 aromatic rings. The fraction of sp³-hybridized carbons (Fsp3) is 0.667. The van der Waals surface area contributed by atoms with Crippen molar-refractivity contribution in [1.29, 1.82) is 0 Å². The van der Waals surface area contributed by atoms with Crippen LogP contribution in [0.15, 0.2) is 17.1 Å². The van der Waals surface area contributed by atoms with Gasteiger partial charge in [-0.05, 0) is 31.1 Å². The van der Waals surface area contributed by atoms with Gasteiger partial charge in [-0.3, -0.25) is 4.99 Å². The van der Waals surface area contributed by atoms with Crippen LogP contribution in [0.25, 0.3) is 0 Å². The maximum atomic E-state index is 5.55. The van der Waals surface area contributed by atoms with Crippen LogP contribution < -0.4 is 19.5 Å². The summed E-state index contributed by atoms with van der Waals surface area (Å²) in [7, 11) is 6.87. The molecule has 6 nitrogen and oxygen atoms in total. The minimum atomic E-state index is 0.542. The number of methoxy groups -OCH3 is 3. The van der Waals surface area contributed by atoms with Crippen molar-refractivity contribution in [3.05, 3.63) is 17.7 Å². The molecule has 150 valence electrons. The number of rotatable bonds is 6. The van der Waals surface area contributed by atoms with Crippen molar-refractivity contribution in [2.75, 3.05) is 48.0 Å². The lowest BCUT2D eigenvalue weighted by Crippen LogP contribution is -2.41. The van der Waals surface area contributed by atoms with Crippen LogP contribution in [0, 0.1) is 5.41 Å². The van der Waals surface area contributed by atoms with Crippen LogP contribution in [0.5, 0.6) is 17.2 Å². The second kappa shape index (κ2) is 8.72. The number of aliphatic imine (C=N–C) groups is 1. The molecule has 0 radical (unpaired) electrons. The predicted molar refractivity (Wildman–Crippen MR) is 108 cm³/mol. The van der Waals surface area contributed by atoms with E-state index < -0.39 is 0 Å². The molecule has 1 aliphatic carbocycles. The van der Waals surface area contributed by atoms with Gasteiger partial charge >= 0.3 is 0 Å². The van der Waals surface area contributed by atoms with E-state index in [-0.39, 0.29) is 0 Å². The zero-order chi connectivity index (χ0) is 19.3. The number of benzene rings is 1. The molecule has 0 aromatic heterocycles. The quantitative estimate of drug-likeness (QED) is 0.612. The number of likely N-dealkylation sites (tertiary alicyclic amines) is 1. The van der Waals surface area contributed by atoms with Gasteiger partial charge in [0.25, 0.3) is 0 Å². The third-order valence-corrected chi connectivity index (χ3v) is 6.09. The molecule has 1 heterocycles. The first-order chi connectivity index (χ1) is 13.1. The van der Waals surface area contributed by atoms with E-state index in [1.807, 2.05) is 19.2 Å². The summed E-state index contributed by atoms with van der Waals surface area (Å²) in [5.41, 5.74) is 1.58. The highest BCUT2D eigenvalue weighted by Crippen LogP contribution is 2.45. The highest BCUT2D eigenvalue weighted by Gasteiger charge is 2.41. The van der Waals surface area contributed by atoms with E-state index in [4.69, 9.17) is 14.2 Å². The topological polar surface area (TPSA) is 55.3 Å². The number of nitrogens with one attached hydrogen (secondary N) is 1. The number of hydrogen-bond donors (Lipinski definition) is 1. The molecular weight excluding hydrogens is 342 g/mol. The van der Waals surface area contributed by atoms with Crippen molar-refractivity contribution in [2.45, 2.75) is 38.5 Å². The van der Waals surface area contributed by atoms with Crippen LogP contribution in [0.4, 0.5) is 0 Å². The summed E-state index contributed by atoms with van der Waals surface area (Å²) in [6, 6.07) is 3.80. The molecule has 2 fully saturated rings. The highest BCUT2D eigenvalue weighted by atomic mass is 16.5. The number of hydrogen-bond acceptors (Lipinski definition) is 4. The molecule has 0 amide bonds. The van der Waals surface area contributed by atoms with Crippen LogP contribution in [0.2, 0.25) is 0 Å². The number of nitrogens with zero attached hydrogens (tertiary/aromatic N) is 2. The molecule has 6 heteroatoms. The minimum absolute atomic E-state index is 0.542. The first-order valence-corrected chi connectivity index (χ1v) is 9.89. The lowest BCUT2D eigenvalue weighted by molar-refractivity contribution is 0.309. The molecule has 1 aromatic carbocycles. The van der Waals surface area contributed by atoms with Gasteiger partial charge in [-0.1, -0.05) is 12.8 Å². The van der Waals surface area contributed by atoms with Crippen molar-refractivity contribution in [1.82, 2.24) is 10.2 Å². The van der Waals surface area contributed by atoms with Gasteiger partial charge in [0, 0.05) is 44.4 Å². The SMILES string of the molecule is CN=C(NCCc1c(OC)cc(OC)cc1OC)N1CCC2(CCCC2)C1. The van der Waals surface area contributed by atoms with E-state index in [2.05, 4.69) is 15.2 Å². The fourth-order valence-corrected chi connectivity index (χ4v) is 4.60. The third kappa shape index (κ3) is 4.25. The Morgan fingerprint density at radius 1 is 1.07 bits per heavy atom. The van der Waals surface area contributed by atoms with Crippen LogP contribution >= 0.6 is 0 Å². The lowest BCUT2D eigenvalue weighted by Gasteiger charge is -2.26. The number of ether oxygens (including phenoxy) is 3. The molecule has 1 saturated heterocycles. The van der Waals surface area contributed by atoms with E-state index in [1.165, 1.54) is 32.1 Å². The Morgan fingerprint density at radius 2 is 1.74 bits per heavy atom. The average molecular weight is 376 g/mol. The van der Waals surface area contributed by atoms with Crippen molar-refractivity contribution < 1.29 is 14.2 Å². The van der Waals surface area contributed by atoms with Gasteiger partial charge < -0.3 is 24.4 Å². The summed E-state index contributed by atoms with van der Waals surface area (Å²) < 4.78 is 16.4. The molecule has 27 heavy (non-hydrogen) atoms. The average Bonchev–Trinajstić information content (AvgIpc) is 3.34. The molecular formula is C21H33N3O3.